The molecule has 0 spiro atoms. The summed E-state index contributed by atoms with van der Waals surface area (Å²) in [6.45, 7) is 4.89. The number of carbonyl (C=O) groups is 4. The average Bonchev–Trinajstić information content (AvgIpc) is 2.25. The molecule has 9 heteroatoms. The van der Waals surface area contributed by atoms with Crippen LogP contribution >= 0.6 is 0 Å². The van der Waals surface area contributed by atoms with Gasteiger partial charge in [0.1, 0.15) is 11.2 Å². The topological polar surface area (TPSA) is 133 Å². The number of carboxylic acids is 2. The first kappa shape index (κ1) is 17.4. The van der Waals surface area contributed by atoms with E-state index in [1.165, 1.54) is 7.05 Å². The van der Waals surface area contributed by atoms with Crippen LogP contribution in [0.5, 0.6) is 0 Å². The lowest BCUT2D eigenvalue weighted by atomic mass is 10.2. The lowest BCUT2D eigenvalue weighted by Crippen LogP contribution is -2.41. The lowest BCUT2D eigenvalue weighted by Gasteiger charge is -2.24. The Morgan fingerprint density at radius 1 is 1.10 bits per heavy atom. The highest BCUT2D eigenvalue weighted by atomic mass is 16.6. The maximum absolute atomic E-state index is 11.5. The molecular weight excluding hydrogens is 272 g/mol. The van der Waals surface area contributed by atoms with Gasteiger partial charge in [-0.2, -0.15) is 0 Å². The fourth-order valence-electron chi connectivity index (χ4n) is 0.884. The molecule has 0 aromatic heterocycles. The molecular formula is C11H16N2O7. The summed E-state index contributed by atoms with van der Waals surface area (Å²) in [5.74, 6) is -5.26. The van der Waals surface area contributed by atoms with Crippen molar-refractivity contribution in [2.24, 2.45) is 0 Å². The highest BCUT2D eigenvalue weighted by Crippen LogP contribution is 2.08. The Hall–Kier alpha value is -2.58. The Kier molecular flexibility index (Phi) is 5.70. The van der Waals surface area contributed by atoms with E-state index in [4.69, 9.17) is 14.9 Å². The minimum absolute atomic E-state index is 0.600. The average molecular weight is 288 g/mol. The fourth-order valence-corrected chi connectivity index (χ4v) is 0.884. The highest BCUT2D eigenvalue weighted by Gasteiger charge is 2.25. The number of nitrogens with zero attached hydrogens (tertiary/aromatic N) is 1. The first-order valence-electron chi connectivity index (χ1n) is 5.39. The molecule has 9 nitrogen and oxygen atoms in total. The largest absolute Gasteiger partial charge is 0.477 e. The molecule has 0 heterocycles. The zero-order valence-corrected chi connectivity index (χ0v) is 11.5. The maximum atomic E-state index is 11.5. The lowest BCUT2D eigenvalue weighted by molar-refractivity contribution is -0.149. The number of carbonyl (C=O) groups excluding carboxylic acids is 2. The predicted molar refractivity (Wildman–Crippen MR) is 65.5 cm³/mol. The fraction of sp³-hybridized carbons (Fsp3) is 0.455. The van der Waals surface area contributed by atoms with Gasteiger partial charge in [0.2, 0.25) is 0 Å². The normalized spacial score (nSPS) is 11.5. The number of amides is 1. The van der Waals surface area contributed by atoms with Crippen molar-refractivity contribution in [2.45, 2.75) is 26.4 Å². The van der Waals surface area contributed by atoms with E-state index >= 15 is 0 Å². The second-order valence-electron chi connectivity index (χ2n) is 4.67. The van der Waals surface area contributed by atoms with Crippen LogP contribution in [-0.4, -0.2) is 51.7 Å². The molecule has 0 fully saturated rings. The van der Waals surface area contributed by atoms with Crippen LogP contribution in [0.15, 0.2) is 11.8 Å². The Labute approximate surface area is 114 Å². The summed E-state index contributed by atoms with van der Waals surface area (Å²) in [7, 11) is 1.22. The van der Waals surface area contributed by atoms with Crippen LogP contribution in [0.2, 0.25) is 0 Å². The number of aliphatic carboxylic acids is 2. The number of carboxylic acid groups (broad SMARTS) is 2. The van der Waals surface area contributed by atoms with Crippen LogP contribution < -0.4 is 5.43 Å². The van der Waals surface area contributed by atoms with E-state index in [2.05, 4.69) is 5.43 Å². The zero-order chi connectivity index (χ0) is 16.1. The molecule has 0 bridgehead atoms. The van der Waals surface area contributed by atoms with E-state index in [9.17, 15) is 19.2 Å². The monoisotopic (exact) mass is 288 g/mol. The highest BCUT2D eigenvalue weighted by molar-refractivity contribution is 6.45. The van der Waals surface area contributed by atoms with Crippen LogP contribution in [-0.2, 0) is 19.1 Å². The van der Waals surface area contributed by atoms with Gasteiger partial charge in [0, 0.05) is 13.2 Å². The third kappa shape index (κ3) is 5.85. The SMILES string of the molecule is CN(N/C=C(/C(=O)O)C(=O)C(=O)O)C(=O)OC(C)(C)C. The Bertz CT molecular complexity index is 462. The van der Waals surface area contributed by atoms with Crippen LogP contribution in [0.25, 0.3) is 0 Å². The Balaban J connectivity index is 4.88. The summed E-state index contributed by atoms with van der Waals surface area (Å²) < 4.78 is 4.95. The zero-order valence-electron chi connectivity index (χ0n) is 11.5. The number of ether oxygens (including phenoxy) is 1. The summed E-state index contributed by atoms with van der Waals surface area (Å²) in [5.41, 5.74) is 0.373. The number of Topliss-reactive ketones (excluding diaryl/α,β-unsaturated/α-hetero) is 1. The van der Waals surface area contributed by atoms with Crippen molar-refractivity contribution >= 4 is 23.8 Å². The number of hydrogen-bond acceptors (Lipinski definition) is 6. The maximum Gasteiger partial charge on any atom is 0.428 e. The molecule has 20 heavy (non-hydrogen) atoms. The van der Waals surface area contributed by atoms with Crippen molar-refractivity contribution in [3.63, 3.8) is 0 Å². The van der Waals surface area contributed by atoms with Crippen LogP contribution in [0.4, 0.5) is 4.79 Å². The summed E-state index contributed by atoms with van der Waals surface area (Å²) in [6, 6.07) is 0. The Morgan fingerprint density at radius 3 is 1.95 bits per heavy atom. The van der Waals surface area contributed by atoms with Crippen molar-refractivity contribution in [3.8, 4) is 0 Å². The van der Waals surface area contributed by atoms with E-state index in [1.54, 1.807) is 20.8 Å². The molecule has 0 rings (SSSR count). The van der Waals surface area contributed by atoms with Gasteiger partial charge in [0.25, 0.3) is 5.78 Å². The van der Waals surface area contributed by atoms with Gasteiger partial charge in [0.15, 0.2) is 0 Å². The van der Waals surface area contributed by atoms with E-state index < -0.39 is 35.0 Å². The van der Waals surface area contributed by atoms with Crippen molar-refractivity contribution in [2.75, 3.05) is 7.05 Å². The molecule has 3 N–H and O–H groups in total. The summed E-state index contributed by atoms with van der Waals surface area (Å²) in [4.78, 5) is 43.7. The molecule has 112 valence electrons. The van der Waals surface area contributed by atoms with E-state index in [0.29, 0.717) is 6.20 Å². The minimum atomic E-state index is -1.92. The second-order valence-corrected chi connectivity index (χ2v) is 4.67. The molecule has 0 aromatic carbocycles. The molecule has 0 aliphatic carbocycles. The van der Waals surface area contributed by atoms with E-state index in [1.807, 2.05) is 0 Å². The second kappa shape index (κ2) is 6.55. The molecule has 0 radical (unpaired) electrons. The van der Waals surface area contributed by atoms with Crippen molar-refractivity contribution < 1.29 is 34.1 Å². The van der Waals surface area contributed by atoms with Crippen LogP contribution in [0.3, 0.4) is 0 Å². The van der Waals surface area contributed by atoms with Crippen molar-refractivity contribution in [1.29, 1.82) is 0 Å². The quantitative estimate of drug-likeness (QED) is 0.211. The number of rotatable bonds is 5. The summed E-state index contributed by atoms with van der Waals surface area (Å²) >= 11 is 0. The third-order valence-corrected chi connectivity index (χ3v) is 1.74. The molecule has 0 saturated carbocycles. The van der Waals surface area contributed by atoms with Gasteiger partial charge in [-0.1, -0.05) is 0 Å². The van der Waals surface area contributed by atoms with Gasteiger partial charge in [0.05, 0.1) is 0 Å². The van der Waals surface area contributed by atoms with Crippen molar-refractivity contribution in [1.82, 2.24) is 10.4 Å². The predicted octanol–water partition coefficient (Wildman–Crippen LogP) is -0.0199. The molecule has 0 atom stereocenters. The summed E-state index contributed by atoms with van der Waals surface area (Å²) in [6.07, 6.45) is -0.232. The van der Waals surface area contributed by atoms with E-state index in [0.717, 1.165) is 5.01 Å². The standard InChI is InChI=1S/C11H16N2O7/c1-11(2,3)20-10(19)13(4)12-5-6(8(15)16)7(14)9(17)18/h5,12H,1-4H3,(H,15,16)(H,17,18)/b6-5+. The van der Waals surface area contributed by atoms with Gasteiger partial charge in [-0.05, 0) is 20.8 Å². The van der Waals surface area contributed by atoms with Gasteiger partial charge in [-0.25, -0.2) is 19.4 Å². The van der Waals surface area contributed by atoms with Gasteiger partial charge in [-0.3, -0.25) is 10.2 Å². The number of hydrazine groups is 1. The smallest absolute Gasteiger partial charge is 0.428 e. The number of hydrogen-bond donors (Lipinski definition) is 3. The summed E-state index contributed by atoms with van der Waals surface area (Å²) in [5, 5.41) is 17.9. The van der Waals surface area contributed by atoms with Crippen molar-refractivity contribution in [3.05, 3.63) is 11.8 Å². The van der Waals surface area contributed by atoms with E-state index in [-0.39, 0.29) is 0 Å². The first-order chi connectivity index (χ1) is 8.95. The Morgan fingerprint density at radius 2 is 1.60 bits per heavy atom. The molecule has 0 aromatic rings. The van der Waals surface area contributed by atoms with Crippen LogP contribution in [0.1, 0.15) is 20.8 Å². The molecule has 0 saturated heterocycles. The number of nitrogens with one attached hydrogen (secondary N) is 1. The molecule has 1 amide bonds. The third-order valence-electron chi connectivity index (χ3n) is 1.74. The number of ketones is 1. The van der Waals surface area contributed by atoms with Gasteiger partial charge in [-0.15, -0.1) is 0 Å². The first-order valence-corrected chi connectivity index (χ1v) is 5.39. The van der Waals surface area contributed by atoms with Crippen LogP contribution in [0, 0.1) is 0 Å². The van der Waals surface area contributed by atoms with Gasteiger partial charge < -0.3 is 14.9 Å². The van der Waals surface area contributed by atoms with Gasteiger partial charge >= 0.3 is 18.0 Å². The minimum Gasteiger partial charge on any atom is -0.477 e. The molecule has 0 unspecified atom stereocenters. The molecule has 0 aliphatic heterocycles. The molecule has 0 aliphatic rings.